The maximum Gasteiger partial charge on any atom is 0.427 e. The van der Waals surface area contributed by atoms with Gasteiger partial charge in [0, 0.05) is 5.90 Å². The molecule has 0 unspecified atom stereocenters. The summed E-state index contributed by atoms with van der Waals surface area (Å²) >= 11 is 0. The summed E-state index contributed by atoms with van der Waals surface area (Å²) in [6.07, 6.45) is 11.7. The van der Waals surface area contributed by atoms with Gasteiger partial charge in [-0.15, -0.1) is 4.40 Å². The van der Waals surface area contributed by atoms with Crippen LogP contribution in [0.25, 0.3) is 0 Å². The second-order valence-corrected chi connectivity index (χ2v) is 8.80. The fourth-order valence-corrected chi connectivity index (χ4v) is 3.19. The molecule has 0 saturated carbocycles. The smallest absolute Gasteiger partial charge is 0.427 e. The Hall–Kier alpha value is -1.16. The number of hydrogen-bond acceptors (Lipinski definition) is 6. The summed E-state index contributed by atoms with van der Waals surface area (Å²) in [5, 5.41) is 19.3. The van der Waals surface area contributed by atoms with Crippen LogP contribution in [0.2, 0.25) is 0 Å². The van der Waals surface area contributed by atoms with Crippen LogP contribution in [0.5, 0.6) is 0 Å². The molecule has 0 saturated heterocycles. The van der Waals surface area contributed by atoms with Crippen LogP contribution in [0.15, 0.2) is 16.2 Å². The number of aliphatic hydroxyl groups excluding tert-OH is 1. The molecule has 28 heavy (non-hydrogen) atoms. The Labute approximate surface area is 170 Å². The lowest BCUT2D eigenvalue weighted by molar-refractivity contribution is -0.910. The molecule has 8 nitrogen and oxygen atoms in total. The topological polar surface area (TPSA) is 108 Å². The lowest BCUT2D eigenvalue weighted by Gasteiger charge is -2.28. The standard InChI is InChI=1S/C15H34NO2.C4H5NO4S/c1-4-5-6-7-8-9-10-11-14-18-15-16(2,3)12-13-17;1-3-2-4(6)5-10(7,8)9-3/h17H,4-15H2,1-3H3;2H,1H3,(H,5,6)/q+1;/p-1. The van der Waals surface area contributed by atoms with Crippen molar-refractivity contribution in [2.45, 2.75) is 65.2 Å². The van der Waals surface area contributed by atoms with Crippen LogP contribution >= 0.6 is 0 Å². The van der Waals surface area contributed by atoms with Gasteiger partial charge in [-0.3, -0.25) is 0 Å². The zero-order valence-corrected chi connectivity index (χ0v) is 18.7. The van der Waals surface area contributed by atoms with Crippen LogP contribution in [0.4, 0.5) is 0 Å². The van der Waals surface area contributed by atoms with Gasteiger partial charge < -0.3 is 23.6 Å². The number of quaternary nitrogens is 1. The van der Waals surface area contributed by atoms with Gasteiger partial charge in [-0.2, -0.15) is 8.42 Å². The van der Waals surface area contributed by atoms with Crippen molar-refractivity contribution in [3.63, 3.8) is 0 Å². The van der Waals surface area contributed by atoms with Crippen LogP contribution in [0.1, 0.15) is 65.2 Å². The van der Waals surface area contributed by atoms with Gasteiger partial charge in [0.25, 0.3) is 0 Å². The largest absolute Gasteiger partial charge is 0.858 e. The molecule has 0 fully saturated rings. The first-order chi connectivity index (χ1) is 13.1. The molecule has 1 rings (SSSR count). The minimum atomic E-state index is -3.97. The average Bonchev–Trinajstić information content (AvgIpc) is 2.54. The van der Waals surface area contributed by atoms with Gasteiger partial charge >= 0.3 is 10.3 Å². The van der Waals surface area contributed by atoms with Gasteiger partial charge in [-0.25, -0.2) is 0 Å². The number of hydrogen-bond donors (Lipinski definition) is 1. The number of nitrogens with zero attached hydrogens (tertiary/aromatic N) is 2. The highest BCUT2D eigenvalue weighted by atomic mass is 32.2. The molecular weight excluding hydrogens is 384 g/mol. The van der Waals surface area contributed by atoms with Crippen LogP contribution in [-0.4, -0.2) is 64.5 Å². The van der Waals surface area contributed by atoms with E-state index in [1.54, 1.807) is 0 Å². The maximum absolute atomic E-state index is 10.4. The first-order valence-corrected chi connectivity index (χ1v) is 11.4. The van der Waals surface area contributed by atoms with E-state index in [1.165, 1.54) is 58.3 Å². The maximum atomic E-state index is 10.4. The summed E-state index contributed by atoms with van der Waals surface area (Å²) in [6, 6.07) is 0. The molecule has 0 spiro atoms. The Balaban J connectivity index is 0.000000609. The van der Waals surface area contributed by atoms with Gasteiger partial charge in [0.05, 0.1) is 27.3 Å². The zero-order chi connectivity index (χ0) is 21.5. The molecule has 0 bridgehead atoms. The van der Waals surface area contributed by atoms with E-state index in [1.807, 2.05) is 0 Å². The summed E-state index contributed by atoms with van der Waals surface area (Å²) in [4.78, 5) is 0. The highest BCUT2D eigenvalue weighted by Gasteiger charge is 2.13. The third kappa shape index (κ3) is 15.9. The number of aliphatic hydroxyl groups is 1. The average molecular weight is 423 g/mol. The molecule has 9 heteroatoms. The Bertz CT molecular complexity index is 573. The molecule has 1 aliphatic heterocycles. The third-order valence-electron chi connectivity index (χ3n) is 4.05. The van der Waals surface area contributed by atoms with Crippen molar-refractivity contribution in [2.24, 2.45) is 4.40 Å². The highest BCUT2D eigenvalue weighted by molar-refractivity contribution is 7.85. The Morgan fingerprint density at radius 1 is 1.14 bits per heavy atom. The molecule has 1 aliphatic rings. The van der Waals surface area contributed by atoms with Crippen molar-refractivity contribution in [3.05, 3.63) is 11.8 Å². The molecule has 0 radical (unpaired) electrons. The number of ether oxygens (including phenoxy) is 1. The van der Waals surface area contributed by atoms with E-state index in [4.69, 9.17) is 9.84 Å². The summed E-state index contributed by atoms with van der Waals surface area (Å²) in [5.41, 5.74) is 0. The second kappa shape index (κ2) is 14.8. The van der Waals surface area contributed by atoms with Gasteiger partial charge in [0.2, 0.25) is 0 Å². The molecule has 0 aromatic rings. The minimum Gasteiger partial charge on any atom is -0.858 e. The number of rotatable bonds is 13. The first kappa shape index (κ1) is 26.8. The summed E-state index contributed by atoms with van der Waals surface area (Å²) < 4.78 is 34.1. The Morgan fingerprint density at radius 3 is 2.21 bits per heavy atom. The van der Waals surface area contributed by atoms with E-state index in [-0.39, 0.29) is 12.4 Å². The molecular formula is C19H38N2O6S. The molecule has 0 aromatic heterocycles. The minimum absolute atomic E-state index is 0.0417. The molecule has 0 aromatic carbocycles. The van der Waals surface area contributed by atoms with Crippen LogP contribution in [0.3, 0.4) is 0 Å². The summed E-state index contributed by atoms with van der Waals surface area (Å²) in [6.45, 7) is 6.18. The van der Waals surface area contributed by atoms with Crippen molar-refractivity contribution in [2.75, 3.05) is 40.6 Å². The van der Waals surface area contributed by atoms with Crippen molar-refractivity contribution in [1.82, 2.24) is 0 Å². The molecule has 0 atom stereocenters. The normalized spacial score (nSPS) is 15.8. The Kier molecular flexibility index (Phi) is 14.2. The number of likely N-dealkylation sites (N-methyl/N-ethyl adjacent to an activating group) is 1. The van der Waals surface area contributed by atoms with Gasteiger partial charge in [-0.05, 0) is 19.4 Å². The fraction of sp³-hybridized carbons (Fsp3) is 0.842. The SMILES string of the molecule is CC1=CC([O-])=NS(=O)(=O)O1.CCCCCCCCCCOC[N+](C)(C)CCO. The van der Waals surface area contributed by atoms with Crippen LogP contribution in [0, 0.1) is 0 Å². The van der Waals surface area contributed by atoms with Crippen molar-refractivity contribution in [1.29, 1.82) is 0 Å². The third-order valence-corrected chi connectivity index (χ3v) is 4.93. The van der Waals surface area contributed by atoms with Gasteiger partial charge in [0.1, 0.15) is 12.3 Å². The molecule has 0 amide bonds. The summed E-state index contributed by atoms with van der Waals surface area (Å²) in [5.74, 6) is -0.760. The van der Waals surface area contributed by atoms with E-state index in [9.17, 15) is 13.5 Å². The van der Waals surface area contributed by atoms with Crippen LogP contribution in [-0.2, 0) is 19.2 Å². The van der Waals surface area contributed by atoms with Crippen molar-refractivity contribution < 1.29 is 32.0 Å². The van der Waals surface area contributed by atoms with E-state index in [0.29, 0.717) is 6.73 Å². The molecule has 0 aliphatic carbocycles. The van der Waals surface area contributed by atoms with Crippen molar-refractivity contribution in [3.8, 4) is 0 Å². The van der Waals surface area contributed by atoms with E-state index in [0.717, 1.165) is 23.7 Å². The number of allylic oxidation sites excluding steroid dienone is 1. The molecule has 1 heterocycles. The van der Waals surface area contributed by atoms with E-state index >= 15 is 0 Å². The first-order valence-electron chi connectivity index (χ1n) is 10.0. The number of unbranched alkanes of at least 4 members (excludes halogenated alkanes) is 7. The lowest BCUT2D eigenvalue weighted by Crippen LogP contribution is -2.43. The Morgan fingerprint density at radius 2 is 1.71 bits per heavy atom. The predicted octanol–water partition coefficient (Wildman–Crippen LogP) is 2.09. The van der Waals surface area contributed by atoms with Gasteiger partial charge in [0.15, 0.2) is 6.73 Å². The van der Waals surface area contributed by atoms with E-state index < -0.39 is 16.2 Å². The monoisotopic (exact) mass is 422 g/mol. The second-order valence-electron chi connectivity index (χ2n) is 7.59. The molecule has 1 N–H and O–H groups in total. The zero-order valence-electron chi connectivity index (χ0n) is 17.9. The highest BCUT2D eigenvalue weighted by Crippen LogP contribution is 2.09. The lowest BCUT2D eigenvalue weighted by atomic mass is 10.1. The van der Waals surface area contributed by atoms with Gasteiger partial charge in [-0.1, -0.05) is 51.9 Å². The molecule has 166 valence electrons. The van der Waals surface area contributed by atoms with Crippen LogP contribution < -0.4 is 5.11 Å². The quantitative estimate of drug-likeness (QED) is 0.277. The predicted molar refractivity (Wildman–Crippen MR) is 109 cm³/mol. The summed E-state index contributed by atoms with van der Waals surface area (Å²) in [7, 11) is 0.201. The van der Waals surface area contributed by atoms with E-state index in [2.05, 4.69) is 29.6 Å². The fourth-order valence-electron chi connectivity index (χ4n) is 2.50. The van der Waals surface area contributed by atoms with Crippen molar-refractivity contribution >= 4 is 16.2 Å².